The molecule has 48 valence electrons. The molecule has 0 heterocycles. The van der Waals surface area contributed by atoms with Crippen molar-refractivity contribution in [3.8, 4) is 0 Å². The van der Waals surface area contributed by atoms with Crippen molar-refractivity contribution < 1.29 is 32.9 Å². The zero-order valence-corrected chi connectivity index (χ0v) is 4.91. The molecule has 0 radical (unpaired) electrons. The SMILES string of the molecule is O.O.[Mg+2].[OH-].[OH-].[OH-].[OH-]. The van der Waals surface area contributed by atoms with Crippen molar-refractivity contribution in [2.75, 3.05) is 0 Å². The van der Waals surface area contributed by atoms with Gasteiger partial charge in [0.1, 0.15) is 0 Å². The van der Waals surface area contributed by atoms with Crippen LogP contribution in [-0.2, 0) is 0 Å². The second-order valence-electron chi connectivity index (χ2n) is 0. The third-order valence-corrected chi connectivity index (χ3v) is 0. The molecule has 0 bridgehead atoms. The Kier molecular flexibility index (Phi) is 119000. The molecule has 0 aromatic carbocycles. The summed E-state index contributed by atoms with van der Waals surface area (Å²) in [7, 11) is 0. The fourth-order valence-corrected chi connectivity index (χ4v) is 0. The van der Waals surface area contributed by atoms with E-state index in [1.807, 2.05) is 0 Å². The molecule has 8 N–H and O–H groups in total. The van der Waals surface area contributed by atoms with Crippen molar-refractivity contribution >= 4 is 23.1 Å². The number of hydrogen-bond donors (Lipinski definition) is 0. The standard InChI is InChI=1S/Mg.6H2O/h;6*1H2/q+2;;;;;;/p-4. The van der Waals surface area contributed by atoms with Crippen LogP contribution in [0.4, 0.5) is 0 Å². The van der Waals surface area contributed by atoms with Crippen molar-refractivity contribution in [2.24, 2.45) is 0 Å². The van der Waals surface area contributed by atoms with E-state index < -0.39 is 0 Å². The summed E-state index contributed by atoms with van der Waals surface area (Å²) in [5.41, 5.74) is 0. The molecular weight excluding hydrogens is 120 g/mol. The van der Waals surface area contributed by atoms with Crippen LogP contribution in [0, 0.1) is 0 Å². The average Bonchev–Trinajstić information content (AvgIpc) is 0. The van der Waals surface area contributed by atoms with E-state index in [1.165, 1.54) is 0 Å². The summed E-state index contributed by atoms with van der Waals surface area (Å²) < 4.78 is 0. The van der Waals surface area contributed by atoms with Gasteiger partial charge in [0, 0.05) is 0 Å². The van der Waals surface area contributed by atoms with Gasteiger partial charge < -0.3 is 32.9 Å². The molecule has 0 rings (SSSR count). The van der Waals surface area contributed by atoms with Crippen molar-refractivity contribution in [3.05, 3.63) is 0 Å². The second-order valence-corrected chi connectivity index (χ2v) is 0. The maximum absolute atomic E-state index is 0. The van der Waals surface area contributed by atoms with Gasteiger partial charge in [-0.05, 0) is 0 Å². The van der Waals surface area contributed by atoms with Crippen molar-refractivity contribution in [2.45, 2.75) is 0 Å². The fraction of sp³-hybridized carbons (Fsp3) is 0. The van der Waals surface area contributed by atoms with E-state index in [2.05, 4.69) is 0 Å². The van der Waals surface area contributed by atoms with Gasteiger partial charge in [-0.2, -0.15) is 0 Å². The number of hydrogen-bond acceptors (Lipinski definition) is 4. The van der Waals surface area contributed by atoms with E-state index in [-0.39, 0.29) is 55.9 Å². The van der Waals surface area contributed by atoms with Crippen LogP contribution in [0.15, 0.2) is 0 Å². The first-order valence-corrected chi connectivity index (χ1v) is 0. The quantitative estimate of drug-likeness (QED) is 0.321. The Balaban J connectivity index is 0. The van der Waals surface area contributed by atoms with Crippen molar-refractivity contribution in [3.63, 3.8) is 0 Å². The molecule has 0 aliphatic carbocycles. The largest absolute Gasteiger partial charge is 2.00 e. The van der Waals surface area contributed by atoms with Crippen LogP contribution < -0.4 is 0 Å². The van der Waals surface area contributed by atoms with E-state index >= 15 is 0 Å². The van der Waals surface area contributed by atoms with Crippen LogP contribution in [0.3, 0.4) is 0 Å². The zero-order chi connectivity index (χ0) is 0. The average molecular weight is 128 g/mol. The van der Waals surface area contributed by atoms with E-state index in [0.29, 0.717) is 0 Å². The normalized spacial score (nSPS) is 0. The van der Waals surface area contributed by atoms with Gasteiger partial charge in [-0.25, -0.2) is 0 Å². The van der Waals surface area contributed by atoms with Gasteiger partial charge in [-0.3, -0.25) is 0 Å². The fourth-order valence-electron chi connectivity index (χ4n) is 0. The first kappa shape index (κ1) is 1160. The Hall–Kier alpha value is 0.526. The molecule has 7 heteroatoms. The van der Waals surface area contributed by atoms with Crippen molar-refractivity contribution in [1.82, 2.24) is 0 Å². The summed E-state index contributed by atoms with van der Waals surface area (Å²) in [5, 5.41) is 0. The Morgan fingerprint density at radius 3 is 0.429 bits per heavy atom. The van der Waals surface area contributed by atoms with Crippen LogP contribution in [0.25, 0.3) is 0 Å². The predicted octanol–water partition coefficient (Wildman–Crippen LogP) is -2.74. The van der Waals surface area contributed by atoms with Gasteiger partial charge in [0.05, 0.1) is 0 Å². The van der Waals surface area contributed by atoms with Crippen LogP contribution in [0.1, 0.15) is 0 Å². The molecule has 0 aliphatic heterocycles. The van der Waals surface area contributed by atoms with Gasteiger partial charge in [0.2, 0.25) is 0 Å². The molecule has 0 aliphatic rings. The van der Waals surface area contributed by atoms with Gasteiger partial charge in [-0.15, -0.1) is 0 Å². The Bertz CT molecular complexity index is 4.14. The van der Waals surface area contributed by atoms with Gasteiger partial charge in [-0.1, -0.05) is 0 Å². The summed E-state index contributed by atoms with van der Waals surface area (Å²) >= 11 is 0. The van der Waals surface area contributed by atoms with Crippen LogP contribution in [0.5, 0.6) is 0 Å². The summed E-state index contributed by atoms with van der Waals surface area (Å²) in [6, 6.07) is 0. The molecule has 7 heavy (non-hydrogen) atoms. The summed E-state index contributed by atoms with van der Waals surface area (Å²) in [4.78, 5) is 0. The van der Waals surface area contributed by atoms with Gasteiger partial charge in [0.25, 0.3) is 0 Å². The van der Waals surface area contributed by atoms with Gasteiger partial charge >= 0.3 is 23.1 Å². The number of rotatable bonds is 0. The molecule has 0 saturated heterocycles. The van der Waals surface area contributed by atoms with E-state index in [1.54, 1.807) is 0 Å². The maximum Gasteiger partial charge on any atom is 2.00 e. The van der Waals surface area contributed by atoms with E-state index in [9.17, 15) is 0 Å². The minimum atomic E-state index is 0. The van der Waals surface area contributed by atoms with Crippen LogP contribution in [0.2, 0.25) is 0 Å². The molecule has 6 nitrogen and oxygen atoms in total. The molecule has 0 fully saturated rings. The molecule has 0 aromatic rings. The monoisotopic (exact) mass is 128 g/mol. The third-order valence-electron chi connectivity index (χ3n) is 0. The van der Waals surface area contributed by atoms with Crippen LogP contribution >= 0.6 is 0 Å². The minimum Gasteiger partial charge on any atom is -0.870 e. The molecule has 0 spiro atoms. The predicted molar refractivity (Wildman–Crippen MR) is 20.7 cm³/mol. The first-order chi connectivity index (χ1) is 0. The molecule has 0 saturated carbocycles. The van der Waals surface area contributed by atoms with E-state index in [4.69, 9.17) is 0 Å². The molecule has 0 amide bonds. The van der Waals surface area contributed by atoms with Crippen LogP contribution in [-0.4, -0.2) is 55.9 Å². The topological polar surface area (TPSA) is 183 Å². The minimum absolute atomic E-state index is 0. The van der Waals surface area contributed by atoms with E-state index in [0.717, 1.165) is 0 Å². The summed E-state index contributed by atoms with van der Waals surface area (Å²) in [6.07, 6.45) is 0. The second kappa shape index (κ2) is 720. The Morgan fingerprint density at radius 2 is 0.429 bits per heavy atom. The summed E-state index contributed by atoms with van der Waals surface area (Å²) in [5.74, 6) is 0. The molecule has 0 aromatic heterocycles. The van der Waals surface area contributed by atoms with Crippen molar-refractivity contribution in [1.29, 1.82) is 0 Å². The Labute approximate surface area is 56.5 Å². The maximum atomic E-state index is 0. The molecule has 0 unspecified atom stereocenters. The molecule has 0 atom stereocenters. The van der Waals surface area contributed by atoms with Gasteiger partial charge in [0.15, 0.2) is 0 Å². The smallest absolute Gasteiger partial charge is 0.870 e. The Morgan fingerprint density at radius 1 is 0.429 bits per heavy atom. The zero-order valence-electron chi connectivity index (χ0n) is 3.50. The first-order valence-electron chi connectivity index (χ1n) is 0. The summed E-state index contributed by atoms with van der Waals surface area (Å²) in [6.45, 7) is 0. The molecular formula is H8MgO6-2. The third kappa shape index (κ3) is 483.